The van der Waals surface area contributed by atoms with E-state index in [0.29, 0.717) is 22.9 Å². The van der Waals surface area contributed by atoms with Crippen molar-refractivity contribution in [1.82, 2.24) is 0 Å². The van der Waals surface area contributed by atoms with Crippen LogP contribution in [0.5, 0.6) is 0 Å². The molecule has 6 heteroatoms. The molecule has 0 fully saturated rings. The predicted octanol–water partition coefficient (Wildman–Crippen LogP) is 2.83. The van der Waals surface area contributed by atoms with Gasteiger partial charge in [-0.25, -0.2) is 17.2 Å². The maximum atomic E-state index is 13.1. The van der Waals surface area contributed by atoms with Gasteiger partial charge in [0, 0.05) is 5.69 Å². The van der Waals surface area contributed by atoms with Gasteiger partial charge in [-0.3, -0.25) is 0 Å². The van der Waals surface area contributed by atoms with Crippen molar-refractivity contribution in [2.45, 2.75) is 17.6 Å². The van der Waals surface area contributed by atoms with Crippen LogP contribution in [0.2, 0.25) is 0 Å². The van der Waals surface area contributed by atoms with Crippen molar-refractivity contribution < 1.29 is 17.2 Å². The van der Waals surface area contributed by atoms with Crippen LogP contribution < -0.4 is 5.73 Å². The van der Waals surface area contributed by atoms with Crippen molar-refractivity contribution in [1.29, 1.82) is 0 Å². The van der Waals surface area contributed by atoms with E-state index in [1.165, 1.54) is 0 Å². The highest BCUT2D eigenvalue weighted by molar-refractivity contribution is 7.90. The molecule has 0 saturated carbocycles. The molecule has 0 heterocycles. The first-order chi connectivity index (χ1) is 9.31. The Labute approximate surface area is 116 Å². The van der Waals surface area contributed by atoms with Crippen LogP contribution in [0.4, 0.5) is 14.5 Å². The quantitative estimate of drug-likeness (QED) is 0.700. The molecule has 2 rings (SSSR count). The molecule has 0 aliphatic carbocycles. The third-order valence-electron chi connectivity index (χ3n) is 3.08. The average Bonchev–Trinajstić information content (AvgIpc) is 2.38. The van der Waals surface area contributed by atoms with E-state index >= 15 is 0 Å². The molecule has 2 aromatic rings. The summed E-state index contributed by atoms with van der Waals surface area (Å²) in [6.07, 6.45) is 0. The molecule has 3 nitrogen and oxygen atoms in total. The maximum Gasteiger partial charge on any atom is 0.182 e. The smallest absolute Gasteiger partial charge is 0.182 e. The number of rotatable bonds is 3. The maximum absolute atomic E-state index is 13.1. The van der Waals surface area contributed by atoms with E-state index in [1.807, 2.05) is 0 Å². The molecule has 0 unspecified atom stereocenters. The van der Waals surface area contributed by atoms with Crippen molar-refractivity contribution >= 4 is 15.5 Å². The zero-order valence-corrected chi connectivity index (χ0v) is 11.5. The van der Waals surface area contributed by atoms with Crippen LogP contribution in [0.15, 0.2) is 41.3 Å². The Hall–Kier alpha value is -1.95. The molecule has 20 heavy (non-hydrogen) atoms. The molecule has 0 amide bonds. The van der Waals surface area contributed by atoms with Crippen LogP contribution in [-0.4, -0.2) is 8.42 Å². The molecule has 0 bridgehead atoms. The monoisotopic (exact) mass is 297 g/mol. The van der Waals surface area contributed by atoms with Gasteiger partial charge in [-0.2, -0.15) is 0 Å². The minimum Gasteiger partial charge on any atom is -0.399 e. The van der Waals surface area contributed by atoms with Gasteiger partial charge in [-0.15, -0.1) is 0 Å². The second-order valence-corrected chi connectivity index (χ2v) is 6.46. The van der Waals surface area contributed by atoms with Crippen LogP contribution in [-0.2, 0) is 15.6 Å². The predicted molar refractivity (Wildman–Crippen MR) is 72.8 cm³/mol. The zero-order valence-electron chi connectivity index (χ0n) is 10.7. The van der Waals surface area contributed by atoms with E-state index in [0.717, 1.165) is 12.1 Å². The lowest BCUT2D eigenvalue weighted by Gasteiger charge is -2.09. The molecular formula is C14H13F2NO2S. The Morgan fingerprint density at radius 2 is 1.80 bits per heavy atom. The van der Waals surface area contributed by atoms with Gasteiger partial charge in [0.2, 0.25) is 0 Å². The number of halogens is 2. The van der Waals surface area contributed by atoms with Crippen LogP contribution in [0.25, 0.3) is 0 Å². The first-order valence-electron chi connectivity index (χ1n) is 5.83. The van der Waals surface area contributed by atoms with Crippen LogP contribution >= 0.6 is 0 Å². The highest BCUT2D eigenvalue weighted by Gasteiger charge is 2.19. The van der Waals surface area contributed by atoms with Gasteiger partial charge in [-0.1, -0.05) is 12.1 Å². The normalized spacial score (nSPS) is 11.6. The fourth-order valence-corrected chi connectivity index (χ4v) is 3.27. The fraction of sp³-hybridized carbons (Fsp3) is 0.143. The van der Waals surface area contributed by atoms with Gasteiger partial charge < -0.3 is 5.73 Å². The summed E-state index contributed by atoms with van der Waals surface area (Å²) < 4.78 is 50.4. The topological polar surface area (TPSA) is 60.2 Å². The van der Waals surface area contributed by atoms with Crippen LogP contribution in [0.1, 0.15) is 11.1 Å². The lowest BCUT2D eigenvalue weighted by atomic mass is 10.1. The SMILES string of the molecule is Cc1c(N)cccc1CS(=O)(=O)c1ccc(F)c(F)c1. The zero-order chi connectivity index (χ0) is 14.9. The Balaban J connectivity index is 2.41. The van der Waals surface area contributed by atoms with E-state index in [9.17, 15) is 17.2 Å². The molecule has 0 saturated heterocycles. The summed E-state index contributed by atoms with van der Waals surface area (Å²) in [7, 11) is -3.75. The first kappa shape index (κ1) is 14.5. The minimum atomic E-state index is -3.75. The fourth-order valence-electron chi connectivity index (χ4n) is 1.82. The summed E-state index contributed by atoms with van der Waals surface area (Å²) in [5.41, 5.74) is 7.41. The molecule has 2 N–H and O–H groups in total. The average molecular weight is 297 g/mol. The number of sulfone groups is 1. The van der Waals surface area contributed by atoms with E-state index in [4.69, 9.17) is 5.73 Å². The van der Waals surface area contributed by atoms with Crippen LogP contribution in [0.3, 0.4) is 0 Å². The number of hydrogen-bond donors (Lipinski definition) is 1. The number of benzene rings is 2. The molecule has 106 valence electrons. The van der Waals surface area contributed by atoms with Gasteiger partial charge in [0.15, 0.2) is 21.5 Å². The molecule has 0 aromatic heterocycles. The number of nitrogens with two attached hydrogens (primary N) is 1. The molecular weight excluding hydrogens is 284 g/mol. The summed E-state index contributed by atoms with van der Waals surface area (Å²) in [4.78, 5) is -0.252. The van der Waals surface area contributed by atoms with Crippen molar-refractivity contribution in [3.05, 3.63) is 59.2 Å². The summed E-state index contributed by atoms with van der Waals surface area (Å²) in [5.74, 6) is -2.57. The highest BCUT2D eigenvalue weighted by Crippen LogP contribution is 2.23. The van der Waals surface area contributed by atoms with E-state index < -0.39 is 21.5 Å². The Bertz CT molecular complexity index is 758. The van der Waals surface area contributed by atoms with Crippen molar-refractivity contribution in [3.8, 4) is 0 Å². The Kier molecular flexibility index (Phi) is 3.76. The Morgan fingerprint density at radius 1 is 1.10 bits per heavy atom. The second kappa shape index (κ2) is 5.20. The van der Waals surface area contributed by atoms with E-state index in [2.05, 4.69) is 0 Å². The van der Waals surface area contributed by atoms with Crippen molar-refractivity contribution in [3.63, 3.8) is 0 Å². The van der Waals surface area contributed by atoms with Crippen LogP contribution in [0, 0.1) is 18.6 Å². The number of hydrogen-bond acceptors (Lipinski definition) is 3. The summed E-state index contributed by atoms with van der Waals surface area (Å²) >= 11 is 0. The molecule has 2 aromatic carbocycles. The lowest BCUT2D eigenvalue weighted by molar-refractivity contribution is 0.504. The largest absolute Gasteiger partial charge is 0.399 e. The third-order valence-corrected chi connectivity index (χ3v) is 4.75. The van der Waals surface area contributed by atoms with Gasteiger partial charge in [-0.05, 0) is 42.3 Å². The van der Waals surface area contributed by atoms with Gasteiger partial charge in [0.1, 0.15) is 0 Å². The molecule has 0 spiro atoms. The van der Waals surface area contributed by atoms with E-state index in [1.54, 1.807) is 25.1 Å². The second-order valence-electron chi connectivity index (χ2n) is 4.47. The third kappa shape index (κ3) is 2.80. The van der Waals surface area contributed by atoms with Crippen molar-refractivity contribution in [2.24, 2.45) is 0 Å². The molecule has 0 aliphatic heterocycles. The van der Waals surface area contributed by atoms with Crippen molar-refractivity contribution in [2.75, 3.05) is 5.73 Å². The number of nitrogen functional groups attached to an aromatic ring is 1. The summed E-state index contributed by atoms with van der Waals surface area (Å²) in [6, 6.07) is 7.50. The minimum absolute atomic E-state index is 0.252. The van der Waals surface area contributed by atoms with Gasteiger partial charge >= 0.3 is 0 Å². The highest BCUT2D eigenvalue weighted by atomic mass is 32.2. The summed E-state index contributed by atoms with van der Waals surface area (Å²) in [5, 5.41) is 0. The molecule has 0 aliphatic rings. The lowest BCUT2D eigenvalue weighted by Crippen LogP contribution is -2.08. The Morgan fingerprint density at radius 3 is 2.45 bits per heavy atom. The molecule has 0 atom stereocenters. The van der Waals surface area contributed by atoms with E-state index in [-0.39, 0.29) is 10.6 Å². The number of anilines is 1. The summed E-state index contributed by atoms with van der Waals surface area (Å²) in [6.45, 7) is 1.71. The first-order valence-corrected chi connectivity index (χ1v) is 7.48. The van der Waals surface area contributed by atoms with Gasteiger partial charge in [0.25, 0.3) is 0 Å². The molecule has 0 radical (unpaired) electrons. The standard InChI is InChI=1S/C14H13F2NO2S/c1-9-10(3-2-4-14(9)17)8-20(18,19)11-5-6-12(15)13(16)7-11/h2-7H,8,17H2,1H3. The van der Waals surface area contributed by atoms with Gasteiger partial charge in [0.05, 0.1) is 10.6 Å².